The molecule has 0 amide bonds. The van der Waals surface area contributed by atoms with Crippen molar-refractivity contribution >= 4 is 28.5 Å². The molecular weight excluding hydrogens is 999 g/mol. The highest BCUT2D eigenvalue weighted by Gasteiger charge is 2.17. The summed E-state index contributed by atoms with van der Waals surface area (Å²) in [4.78, 5) is 29.4. The van der Waals surface area contributed by atoms with Gasteiger partial charge in [0, 0.05) is 82.5 Å². The molecule has 0 atom stereocenters. The average Bonchev–Trinajstić information content (AvgIpc) is 4.04. The van der Waals surface area contributed by atoms with Crippen LogP contribution in [0.5, 0.6) is 23.0 Å². The summed E-state index contributed by atoms with van der Waals surface area (Å²) in [7, 11) is 0.888. The van der Waals surface area contributed by atoms with E-state index in [-0.39, 0.29) is 12.4 Å². The van der Waals surface area contributed by atoms with Crippen LogP contribution in [0.4, 0.5) is 8.78 Å². The number of pyridine rings is 2. The van der Waals surface area contributed by atoms with Crippen LogP contribution < -0.4 is 18.9 Å². The maximum absolute atomic E-state index is 12.9. The third-order valence-electron chi connectivity index (χ3n) is 11.9. The second-order valence-electron chi connectivity index (χ2n) is 20.4. The van der Waals surface area contributed by atoms with Gasteiger partial charge in [0.05, 0.1) is 31.3 Å². The van der Waals surface area contributed by atoms with Gasteiger partial charge in [-0.25, -0.2) is 9.97 Å². The summed E-state index contributed by atoms with van der Waals surface area (Å²) in [6.45, 7) is 16.6. The van der Waals surface area contributed by atoms with Crippen LogP contribution in [-0.4, -0.2) is 78.9 Å². The van der Waals surface area contributed by atoms with Crippen LogP contribution >= 0.6 is 0 Å². The molecule has 0 fully saturated rings. The van der Waals surface area contributed by atoms with E-state index in [0.717, 1.165) is 86.7 Å². The first kappa shape index (κ1) is 56.2. The van der Waals surface area contributed by atoms with E-state index in [1.165, 1.54) is 0 Å². The van der Waals surface area contributed by atoms with E-state index in [1.807, 2.05) is 126 Å². The summed E-state index contributed by atoms with van der Waals surface area (Å²) in [5.74, 6) is 4.36. The summed E-state index contributed by atoms with van der Waals surface area (Å²) in [6, 6.07) is 40.9. The summed E-state index contributed by atoms with van der Waals surface area (Å²) in [5, 5.41) is 0. The number of rotatable bonds is 24. The number of halogens is 2. The van der Waals surface area contributed by atoms with Gasteiger partial charge >= 0.3 is 0 Å². The Hall–Kier alpha value is -7.58. The number of aromatic nitrogens is 6. The van der Waals surface area contributed by atoms with E-state index < -0.39 is 22.2 Å². The van der Waals surface area contributed by atoms with Gasteiger partial charge in [-0.2, -0.15) is 8.78 Å². The predicted octanol–water partition coefficient (Wildman–Crippen LogP) is 14.1. The van der Waals surface area contributed by atoms with Crippen LogP contribution in [0.2, 0.25) is 51.4 Å². The van der Waals surface area contributed by atoms with Gasteiger partial charge in [-0.05, 0) is 120 Å². The molecule has 4 aromatic carbocycles. The van der Waals surface area contributed by atoms with Gasteiger partial charge in [0.1, 0.15) is 67.0 Å². The molecule has 0 saturated carbocycles. The lowest BCUT2D eigenvalue weighted by Crippen LogP contribution is -2.22. The number of carbonyl (C=O) groups excluding carboxylic acids is 1. The number of hydrogen-bond donors (Lipinski definition) is 0. The van der Waals surface area contributed by atoms with Gasteiger partial charge in [-0.15, -0.1) is 0 Å². The standard InChI is InChI=1S/C30H33F2N3O3Si.C29H33N3O4Si/c1-36-26-10-5-22(6-11-26)20-38-27-12-7-23(8-13-27)28-14-9-24(18-33-28)30-34-25(17-29(31)32)19-35(30)21-37-15-16-39(2,3)4;1-34-26-10-5-22(6-11-26)20-36-27-12-7-23(8-13-27)28-14-9-24(17-30-28)29-31-25(19-33)18-32(29)21-35-15-16-37(2,3)4/h5-14,17-19H,15-16,20-21H2,1-4H3;5-14,17-19H,15-16,20-21H2,1-4H3. The molecule has 8 aromatic rings. The molecule has 76 heavy (non-hydrogen) atoms. The Morgan fingerprint density at radius 3 is 1.25 bits per heavy atom. The van der Waals surface area contributed by atoms with Crippen molar-refractivity contribution in [2.75, 3.05) is 27.4 Å². The van der Waals surface area contributed by atoms with Gasteiger partial charge in [-0.3, -0.25) is 14.8 Å². The maximum atomic E-state index is 12.9. The van der Waals surface area contributed by atoms with E-state index in [4.69, 9.17) is 28.4 Å². The highest BCUT2D eigenvalue weighted by Crippen LogP contribution is 2.28. The largest absolute Gasteiger partial charge is 0.497 e. The molecule has 0 aliphatic heterocycles. The fourth-order valence-corrected chi connectivity index (χ4v) is 8.98. The minimum atomic E-state index is -1.80. The van der Waals surface area contributed by atoms with Crippen molar-refractivity contribution in [3.8, 4) is 68.3 Å². The van der Waals surface area contributed by atoms with Crippen LogP contribution in [0, 0.1) is 0 Å². The van der Waals surface area contributed by atoms with Gasteiger partial charge < -0.3 is 37.6 Å². The summed E-state index contributed by atoms with van der Waals surface area (Å²) >= 11 is 0. The monoisotopic (exact) mass is 1060 g/mol. The molecular formula is C59H66F2N6O7Si2. The molecule has 4 heterocycles. The first-order chi connectivity index (χ1) is 36.5. The lowest BCUT2D eigenvalue weighted by Gasteiger charge is -2.16. The summed E-state index contributed by atoms with van der Waals surface area (Å²) < 4.78 is 63.3. The third kappa shape index (κ3) is 17.2. The third-order valence-corrected chi connectivity index (χ3v) is 15.3. The van der Waals surface area contributed by atoms with E-state index in [1.54, 1.807) is 43.6 Å². The van der Waals surface area contributed by atoms with Gasteiger partial charge in [0.2, 0.25) is 0 Å². The molecule has 0 radical (unpaired) electrons. The number of hydrogen-bond acceptors (Lipinski definition) is 11. The Morgan fingerprint density at radius 2 is 0.895 bits per heavy atom. The number of ether oxygens (including phenoxy) is 6. The molecule has 0 bridgehead atoms. The van der Waals surface area contributed by atoms with Crippen molar-refractivity contribution in [1.82, 2.24) is 29.1 Å². The van der Waals surface area contributed by atoms with E-state index in [2.05, 4.69) is 59.2 Å². The van der Waals surface area contributed by atoms with Gasteiger partial charge in [0.25, 0.3) is 6.08 Å². The summed E-state index contributed by atoms with van der Waals surface area (Å²) in [6.07, 6.45) is 6.47. The van der Waals surface area contributed by atoms with E-state index in [9.17, 15) is 13.6 Å². The molecule has 0 saturated heterocycles. The molecule has 0 spiro atoms. The number of carbonyl (C=O) groups is 1. The molecule has 17 heteroatoms. The second-order valence-corrected chi connectivity index (χ2v) is 31.6. The zero-order chi connectivity index (χ0) is 54.1. The molecule has 396 valence electrons. The second kappa shape index (κ2) is 26.8. The van der Waals surface area contributed by atoms with Crippen molar-refractivity contribution in [2.45, 2.75) is 78.0 Å². The number of methoxy groups -OCH3 is 2. The zero-order valence-corrected chi connectivity index (χ0v) is 46.5. The molecule has 8 rings (SSSR count). The zero-order valence-electron chi connectivity index (χ0n) is 44.5. The smallest absolute Gasteiger partial charge is 0.272 e. The highest BCUT2D eigenvalue weighted by atomic mass is 28.3. The van der Waals surface area contributed by atoms with Crippen molar-refractivity contribution in [3.63, 3.8) is 0 Å². The predicted molar refractivity (Wildman–Crippen MR) is 300 cm³/mol. The Morgan fingerprint density at radius 1 is 0.513 bits per heavy atom. The van der Waals surface area contributed by atoms with Crippen molar-refractivity contribution in [2.24, 2.45) is 0 Å². The minimum Gasteiger partial charge on any atom is -0.497 e. The van der Waals surface area contributed by atoms with Crippen LogP contribution in [0.25, 0.3) is 51.4 Å². The Balaban J connectivity index is 0.000000221. The average molecular weight is 1070 g/mol. The molecule has 0 N–H and O–H groups in total. The number of imidazole rings is 2. The van der Waals surface area contributed by atoms with E-state index in [0.29, 0.717) is 56.1 Å². The fourth-order valence-electron chi connectivity index (χ4n) is 7.47. The van der Waals surface area contributed by atoms with Crippen molar-refractivity contribution in [3.05, 3.63) is 175 Å². The van der Waals surface area contributed by atoms with Crippen LogP contribution in [0.1, 0.15) is 27.3 Å². The Labute approximate surface area is 446 Å². The first-order valence-corrected chi connectivity index (χ1v) is 32.4. The molecule has 13 nitrogen and oxygen atoms in total. The number of benzene rings is 4. The number of aldehydes is 1. The molecule has 0 unspecified atom stereocenters. The van der Waals surface area contributed by atoms with Crippen LogP contribution in [0.15, 0.2) is 152 Å². The quantitative estimate of drug-likeness (QED) is 0.0325. The van der Waals surface area contributed by atoms with Gasteiger partial charge in [-0.1, -0.05) is 63.5 Å². The minimum absolute atomic E-state index is 0.174. The van der Waals surface area contributed by atoms with Gasteiger partial charge in [0.15, 0.2) is 6.29 Å². The Bertz CT molecular complexity index is 3100. The van der Waals surface area contributed by atoms with E-state index >= 15 is 0 Å². The fraction of sp³-hybridized carbons (Fsp3) is 0.271. The lowest BCUT2D eigenvalue weighted by atomic mass is 10.1. The van der Waals surface area contributed by atoms with Crippen molar-refractivity contribution in [1.29, 1.82) is 0 Å². The SMILES string of the molecule is COc1ccc(COc2ccc(-c3ccc(-c4nc(C=C(F)F)cn4COCC[Si](C)(C)C)cn3)cc2)cc1.COc1ccc(COc2ccc(-c3ccc(-c4nc(C=O)cn4COCC[Si](C)(C)C)cn3)cc2)cc1. The Kier molecular flexibility index (Phi) is 19.8. The molecule has 4 aromatic heterocycles. The summed E-state index contributed by atoms with van der Waals surface area (Å²) in [5.41, 5.74) is 7.73. The van der Waals surface area contributed by atoms with Crippen molar-refractivity contribution < 1.29 is 42.0 Å². The maximum Gasteiger partial charge on any atom is 0.272 e. The van der Waals surface area contributed by atoms with Crippen LogP contribution in [-0.2, 0) is 36.1 Å². The lowest BCUT2D eigenvalue weighted by molar-refractivity contribution is 0.0881. The highest BCUT2D eigenvalue weighted by molar-refractivity contribution is 6.76. The van der Waals surface area contributed by atoms with Crippen LogP contribution in [0.3, 0.4) is 0 Å². The topological polar surface area (TPSA) is 134 Å². The normalized spacial score (nSPS) is 11.3. The first-order valence-electron chi connectivity index (χ1n) is 25.0. The number of nitrogens with zero attached hydrogens (tertiary/aromatic N) is 6. The molecule has 0 aliphatic carbocycles. The molecule has 0 aliphatic rings.